The number of hydrogen-bond acceptors (Lipinski definition) is 4. The maximum absolute atomic E-state index is 11.6. The molecule has 1 atom stereocenters. The molecule has 21 heavy (non-hydrogen) atoms. The highest BCUT2D eigenvalue weighted by Gasteiger charge is 2.04. The van der Waals surface area contributed by atoms with E-state index in [0.717, 1.165) is 18.0 Å². The Labute approximate surface area is 127 Å². The average molecular weight is 294 g/mol. The number of likely N-dealkylation sites (N-methyl/N-ethyl adjacent to an activating group) is 1. The monoisotopic (exact) mass is 294 g/mol. The van der Waals surface area contributed by atoms with Gasteiger partial charge in [0.15, 0.2) is 0 Å². The lowest BCUT2D eigenvalue weighted by molar-refractivity contribution is -0.121. The summed E-state index contributed by atoms with van der Waals surface area (Å²) in [4.78, 5) is 11.6. The largest absolute Gasteiger partial charge is 0.497 e. The Hall–Kier alpha value is -1.75. The smallest absolute Gasteiger partial charge is 0.220 e. The van der Waals surface area contributed by atoms with Crippen LogP contribution in [-0.4, -0.2) is 38.8 Å². The number of benzene rings is 1. The first-order valence-electron chi connectivity index (χ1n) is 7.42. The SMILES string of the molecule is CCN[C@H](C)CNC(=O)CCCOc1ccc(OC)cc1. The molecule has 1 amide bonds. The molecule has 0 aliphatic heterocycles. The van der Waals surface area contributed by atoms with Gasteiger partial charge in [0.2, 0.25) is 5.91 Å². The van der Waals surface area contributed by atoms with Crippen molar-refractivity contribution in [2.24, 2.45) is 0 Å². The van der Waals surface area contributed by atoms with Gasteiger partial charge in [0.05, 0.1) is 13.7 Å². The number of methoxy groups -OCH3 is 1. The second kappa shape index (κ2) is 10.0. The summed E-state index contributed by atoms with van der Waals surface area (Å²) in [5.74, 6) is 1.66. The Morgan fingerprint density at radius 1 is 1.24 bits per heavy atom. The first-order chi connectivity index (χ1) is 10.2. The van der Waals surface area contributed by atoms with Crippen molar-refractivity contribution in [3.05, 3.63) is 24.3 Å². The summed E-state index contributed by atoms with van der Waals surface area (Å²) in [6.07, 6.45) is 1.18. The normalized spacial score (nSPS) is 11.8. The first kappa shape index (κ1) is 17.3. The minimum Gasteiger partial charge on any atom is -0.497 e. The maximum Gasteiger partial charge on any atom is 0.220 e. The minimum atomic E-state index is 0.0677. The van der Waals surface area contributed by atoms with Gasteiger partial charge >= 0.3 is 0 Å². The summed E-state index contributed by atoms with van der Waals surface area (Å²) in [5, 5.41) is 6.16. The van der Waals surface area contributed by atoms with Crippen molar-refractivity contribution in [2.45, 2.75) is 32.7 Å². The van der Waals surface area contributed by atoms with E-state index in [2.05, 4.69) is 24.5 Å². The van der Waals surface area contributed by atoms with Crippen molar-refractivity contribution in [2.75, 3.05) is 26.8 Å². The Kier molecular flexibility index (Phi) is 8.28. The lowest BCUT2D eigenvalue weighted by atomic mass is 10.3. The number of carbonyl (C=O) groups excluding carboxylic acids is 1. The lowest BCUT2D eigenvalue weighted by Gasteiger charge is -2.13. The summed E-state index contributed by atoms with van der Waals surface area (Å²) in [5.41, 5.74) is 0. The van der Waals surface area contributed by atoms with Gasteiger partial charge in [0, 0.05) is 19.0 Å². The standard InChI is InChI=1S/C16H26N2O3/c1-4-17-13(2)12-18-16(19)6-5-11-21-15-9-7-14(20-3)8-10-15/h7-10,13,17H,4-6,11-12H2,1-3H3,(H,18,19)/t13-/m1/s1. The molecule has 0 bridgehead atoms. The van der Waals surface area contributed by atoms with E-state index in [-0.39, 0.29) is 5.91 Å². The highest BCUT2D eigenvalue weighted by Crippen LogP contribution is 2.17. The maximum atomic E-state index is 11.6. The van der Waals surface area contributed by atoms with Crippen molar-refractivity contribution in [1.82, 2.24) is 10.6 Å². The fourth-order valence-electron chi connectivity index (χ4n) is 1.87. The third kappa shape index (κ3) is 7.56. The molecule has 1 rings (SSSR count). The van der Waals surface area contributed by atoms with Crippen LogP contribution >= 0.6 is 0 Å². The summed E-state index contributed by atoms with van der Waals surface area (Å²) < 4.78 is 10.6. The molecule has 0 radical (unpaired) electrons. The lowest BCUT2D eigenvalue weighted by Crippen LogP contribution is -2.38. The van der Waals surface area contributed by atoms with E-state index >= 15 is 0 Å². The number of hydrogen-bond donors (Lipinski definition) is 2. The van der Waals surface area contributed by atoms with Crippen molar-refractivity contribution < 1.29 is 14.3 Å². The van der Waals surface area contributed by atoms with E-state index in [1.54, 1.807) is 7.11 Å². The van der Waals surface area contributed by atoms with Crippen LogP contribution in [0.5, 0.6) is 11.5 Å². The number of rotatable bonds is 10. The van der Waals surface area contributed by atoms with Crippen molar-refractivity contribution >= 4 is 5.91 Å². The zero-order valence-electron chi connectivity index (χ0n) is 13.1. The van der Waals surface area contributed by atoms with Crippen molar-refractivity contribution in [1.29, 1.82) is 0 Å². The van der Waals surface area contributed by atoms with Gasteiger partial charge in [-0.25, -0.2) is 0 Å². The predicted molar refractivity (Wildman–Crippen MR) is 83.9 cm³/mol. The third-order valence-electron chi connectivity index (χ3n) is 3.03. The van der Waals surface area contributed by atoms with Crippen LogP contribution in [0.4, 0.5) is 0 Å². The molecule has 0 fully saturated rings. The van der Waals surface area contributed by atoms with E-state index in [0.29, 0.717) is 32.0 Å². The summed E-state index contributed by atoms with van der Waals surface area (Å²) in [7, 11) is 1.63. The van der Waals surface area contributed by atoms with Crippen LogP contribution in [0, 0.1) is 0 Å². The molecule has 0 aromatic heterocycles. The van der Waals surface area contributed by atoms with E-state index in [9.17, 15) is 4.79 Å². The van der Waals surface area contributed by atoms with E-state index in [1.165, 1.54) is 0 Å². The molecule has 0 heterocycles. The average Bonchev–Trinajstić information content (AvgIpc) is 2.50. The number of carbonyl (C=O) groups is 1. The molecule has 1 aromatic rings. The number of amides is 1. The van der Waals surface area contributed by atoms with Gasteiger partial charge in [0.25, 0.3) is 0 Å². The zero-order chi connectivity index (χ0) is 15.5. The molecule has 0 unspecified atom stereocenters. The van der Waals surface area contributed by atoms with Crippen LogP contribution in [0.2, 0.25) is 0 Å². The zero-order valence-corrected chi connectivity index (χ0v) is 13.1. The molecule has 0 saturated heterocycles. The molecule has 0 saturated carbocycles. The second-order valence-electron chi connectivity index (χ2n) is 4.89. The van der Waals surface area contributed by atoms with Crippen molar-refractivity contribution in [3.63, 3.8) is 0 Å². The van der Waals surface area contributed by atoms with Crippen LogP contribution in [-0.2, 0) is 4.79 Å². The number of nitrogens with one attached hydrogen (secondary N) is 2. The van der Waals surface area contributed by atoms with Crippen molar-refractivity contribution in [3.8, 4) is 11.5 Å². The Balaban J connectivity index is 2.11. The van der Waals surface area contributed by atoms with E-state index in [1.807, 2.05) is 24.3 Å². The molecule has 5 nitrogen and oxygen atoms in total. The molecule has 1 aromatic carbocycles. The molecule has 2 N–H and O–H groups in total. The van der Waals surface area contributed by atoms with Gasteiger partial charge in [-0.15, -0.1) is 0 Å². The topological polar surface area (TPSA) is 59.6 Å². The van der Waals surface area contributed by atoms with Crippen LogP contribution in [0.25, 0.3) is 0 Å². The van der Waals surface area contributed by atoms with Gasteiger partial charge < -0.3 is 20.1 Å². The van der Waals surface area contributed by atoms with Crippen LogP contribution in [0.1, 0.15) is 26.7 Å². The highest BCUT2D eigenvalue weighted by atomic mass is 16.5. The van der Waals surface area contributed by atoms with Gasteiger partial charge in [0.1, 0.15) is 11.5 Å². The highest BCUT2D eigenvalue weighted by molar-refractivity contribution is 5.75. The van der Waals surface area contributed by atoms with Crippen LogP contribution < -0.4 is 20.1 Å². The second-order valence-corrected chi connectivity index (χ2v) is 4.89. The molecular weight excluding hydrogens is 268 g/mol. The Morgan fingerprint density at radius 2 is 1.90 bits per heavy atom. The molecule has 118 valence electrons. The fraction of sp³-hybridized carbons (Fsp3) is 0.562. The molecular formula is C16H26N2O3. The van der Waals surface area contributed by atoms with E-state index in [4.69, 9.17) is 9.47 Å². The fourth-order valence-corrected chi connectivity index (χ4v) is 1.87. The van der Waals surface area contributed by atoms with Gasteiger partial charge in [-0.2, -0.15) is 0 Å². The Bertz CT molecular complexity index is 406. The van der Waals surface area contributed by atoms with Crippen LogP contribution in [0.15, 0.2) is 24.3 Å². The summed E-state index contributed by atoms with van der Waals surface area (Å²) in [6.45, 7) is 6.20. The quantitative estimate of drug-likeness (QED) is 0.648. The van der Waals surface area contributed by atoms with E-state index < -0.39 is 0 Å². The van der Waals surface area contributed by atoms with Crippen LogP contribution in [0.3, 0.4) is 0 Å². The summed E-state index contributed by atoms with van der Waals surface area (Å²) >= 11 is 0. The molecule has 0 aliphatic carbocycles. The molecule has 0 spiro atoms. The molecule has 0 aliphatic rings. The number of ether oxygens (including phenoxy) is 2. The first-order valence-corrected chi connectivity index (χ1v) is 7.42. The van der Waals surface area contributed by atoms with Gasteiger partial charge in [-0.3, -0.25) is 4.79 Å². The summed E-state index contributed by atoms with van der Waals surface area (Å²) in [6, 6.07) is 7.72. The predicted octanol–water partition coefficient (Wildman–Crippen LogP) is 1.97. The molecule has 5 heteroatoms. The Morgan fingerprint density at radius 3 is 2.52 bits per heavy atom. The third-order valence-corrected chi connectivity index (χ3v) is 3.03. The minimum absolute atomic E-state index is 0.0677. The van der Waals surface area contributed by atoms with Gasteiger partial charge in [-0.05, 0) is 44.2 Å². The van der Waals surface area contributed by atoms with Gasteiger partial charge in [-0.1, -0.05) is 6.92 Å².